The van der Waals surface area contributed by atoms with Gasteiger partial charge >= 0.3 is 0 Å². The molecule has 15 heavy (non-hydrogen) atoms. The number of amides is 1. The normalized spacial score (nSPS) is 22.0. The highest BCUT2D eigenvalue weighted by molar-refractivity contribution is 5.78. The second-order valence-corrected chi connectivity index (χ2v) is 3.81. The third-order valence-electron chi connectivity index (χ3n) is 2.61. The van der Waals surface area contributed by atoms with Crippen LogP contribution in [0.5, 0.6) is 0 Å². The molecule has 1 aliphatic heterocycles. The Morgan fingerprint density at radius 2 is 2.47 bits per heavy atom. The summed E-state index contributed by atoms with van der Waals surface area (Å²) in [6, 6.07) is 2.11. The number of nitrogens with one attached hydrogen (secondary N) is 1. The summed E-state index contributed by atoms with van der Waals surface area (Å²) in [6.45, 7) is 3.05. The van der Waals surface area contributed by atoms with Crippen molar-refractivity contribution >= 4 is 5.91 Å². The van der Waals surface area contributed by atoms with E-state index < -0.39 is 0 Å². The second kappa shape index (κ2) is 6.38. The van der Waals surface area contributed by atoms with Crippen LogP contribution < -0.4 is 11.1 Å². The number of nitrogens with zero attached hydrogens (tertiary/aromatic N) is 2. The zero-order valence-electron chi connectivity index (χ0n) is 8.91. The molecule has 3 N–H and O–H groups in total. The lowest BCUT2D eigenvalue weighted by Gasteiger charge is -2.30. The zero-order valence-corrected chi connectivity index (χ0v) is 8.91. The minimum atomic E-state index is 0.0265. The van der Waals surface area contributed by atoms with Crippen LogP contribution >= 0.6 is 0 Å². The summed E-state index contributed by atoms with van der Waals surface area (Å²) in [5.74, 6) is 0.0988. The third-order valence-corrected chi connectivity index (χ3v) is 2.61. The van der Waals surface area contributed by atoms with Gasteiger partial charge in [0.05, 0.1) is 18.5 Å². The van der Waals surface area contributed by atoms with Crippen LogP contribution in [0.1, 0.15) is 12.8 Å². The van der Waals surface area contributed by atoms with E-state index in [1.807, 2.05) is 4.90 Å². The number of piperidine rings is 1. The van der Waals surface area contributed by atoms with Gasteiger partial charge in [-0.1, -0.05) is 0 Å². The van der Waals surface area contributed by atoms with Crippen LogP contribution in [-0.4, -0.2) is 43.5 Å². The molecule has 0 aromatic carbocycles. The minimum absolute atomic E-state index is 0.0265. The summed E-state index contributed by atoms with van der Waals surface area (Å²) in [5, 5.41) is 11.4. The summed E-state index contributed by atoms with van der Waals surface area (Å²) >= 11 is 0. The molecule has 5 heteroatoms. The van der Waals surface area contributed by atoms with Crippen LogP contribution in [0.4, 0.5) is 0 Å². The molecular weight excluding hydrogens is 192 g/mol. The highest BCUT2D eigenvalue weighted by atomic mass is 16.1. The summed E-state index contributed by atoms with van der Waals surface area (Å²) in [7, 11) is 0. The van der Waals surface area contributed by atoms with Gasteiger partial charge in [-0.25, -0.2) is 0 Å². The smallest absolute Gasteiger partial charge is 0.224 e. The van der Waals surface area contributed by atoms with Crippen molar-refractivity contribution in [1.82, 2.24) is 10.2 Å². The Hall–Kier alpha value is -1.12. The highest BCUT2D eigenvalue weighted by Gasteiger charge is 2.24. The van der Waals surface area contributed by atoms with Gasteiger partial charge in [-0.05, 0) is 19.4 Å². The molecule has 0 aromatic heterocycles. The topological polar surface area (TPSA) is 82.2 Å². The number of rotatable bonds is 4. The Kier molecular flexibility index (Phi) is 5.08. The van der Waals surface area contributed by atoms with Crippen molar-refractivity contribution in [2.45, 2.75) is 12.8 Å². The van der Waals surface area contributed by atoms with E-state index >= 15 is 0 Å². The first kappa shape index (κ1) is 12.0. The van der Waals surface area contributed by atoms with E-state index in [1.165, 1.54) is 0 Å². The van der Waals surface area contributed by atoms with E-state index in [0.29, 0.717) is 26.2 Å². The molecule has 1 rings (SSSR count). The molecule has 5 nitrogen and oxygen atoms in total. The highest BCUT2D eigenvalue weighted by Crippen LogP contribution is 2.15. The van der Waals surface area contributed by atoms with Gasteiger partial charge in [0.1, 0.15) is 0 Å². The van der Waals surface area contributed by atoms with E-state index in [9.17, 15) is 4.79 Å². The van der Waals surface area contributed by atoms with Crippen molar-refractivity contribution in [2.24, 2.45) is 11.7 Å². The quantitative estimate of drug-likeness (QED) is 0.601. The van der Waals surface area contributed by atoms with Crippen molar-refractivity contribution in [3.05, 3.63) is 0 Å². The average molecular weight is 210 g/mol. The molecule has 0 aliphatic carbocycles. The van der Waals surface area contributed by atoms with E-state index in [1.54, 1.807) is 0 Å². The van der Waals surface area contributed by atoms with Crippen LogP contribution in [0.15, 0.2) is 0 Å². The molecule has 0 saturated carbocycles. The molecule has 1 saturated heterocycles. The van der Waals surface area contributed by atoms with Crippen molar-refractivity contribution in [1.29, 1.82) is 5.26 Å². The Labute approximate surface area is 90.2 Å². The van der Waals surface area contributed by atoms with Crippen LogP contribution in [0.25, 0.3) is 0 Å². The first-order valence-corrected chi connectivity index (χ1v) is 5.35. The van der Waals surface area contributed by atoms with Gasteiger partial charge in [-0.2, -0.15) is 5.26 Å². The lowest BCUT2D eigenvalue weighted by molar-refractivity contribution is -0.126. The molecule has 1 heterocycles. The standard InChI is InChI=1S/C10H18N4O/c11-3-5-13-10(15)9-2-1-6-14(8-9)7-4-12/h9H,1-3,5-8,11H2,(H,13,15). The zero-order chi connectivity index (χ0) is 11.1. The first-order valence-electron chi connectivity index (χ1n) is 5.35. The third kappa shape index (κ3) is 3.86. The molecule has 1 amide bonds. The number of likely N-dealkylation sites (tertiary alicyclic amines) is 1. The Bertz CT molecular complexity index is 248. The van der Waals surface area contributed by atoms with Crippen LogP contribution in [0, 0.1) is 17.2 Å². The van der Waals surface area contributed by atoms with E-state index in [4.69, 9.17) is 11.0 Å². The fourth-order valence-corrected chi connectivity index (χ4v) is 1.85. The Morgan fingerprint density at radius 3 is 3.13 bits per heavy atom. The average Bonchev–Trinajstić information content (AvgIpc) is 2.27. The minimum Gasteiger partial charge on any atom is -0.355 e. The summed E-state index contributed by atoms with van der Waals surface area (Å²) in [4.78, 5) is 13.7. The molecule has 0 spiro atoms. The van der Waals surface area contributed by atoms with Gasteiger partial charge in [0.15, 0.2) is 0 Å². The number of nitrogens with two attached hydrogens (primary N) is 1. The van der Waals surface area contributed by atoms with Crippen molar-refractivity contribution in [3.63, 3.8) is 0 Å². The Balaban J connectivity index is 2.35. The number of hydrogen-bond donors (Lipinski definition) is 2. The number of hydrogen-bond acceptors (Lipinski definition) is 4. The molecule has 1 atom stereocenters. The molecule has 84 valence electrons. The first-order chi connectivity index (χ1) is 7.27. The fraction of sp³-hybridized carbons (Fsp3) is 0.800. The van der Waals surface area contributed by atoms with Crippen LogP contribution in [-0.2, 0) is 4.79 Å². The number of nitriles is 1. The van der Waals surface area contributed by atoms with Crippen molar-refractivity contribution < 1.29 is 4.79 Å². The van der Waals surface area contributed by atoms with Crippen molar-refractivity contribution in [3.8, 4) is 6.07 Å². The van der Waals surface area contributed by atoms with E-state index in [-0.39, 0.29) is 11.8 Å². The van der Waals surface area contributed by atoms with Gasteiger partial charge in [-0.3, -0.25) is 9.69 Å². The molecule has 0 bridgehead atoms. The van der Waals surface area contributed by atoms with Crippen LogP contribution in [0.2, 0.25) is 0 Å². The molecule has 0 radical (unpaired) electrons. The molecule has 0 aromatic rings. The Morgan fingerprint density at radius 1 is 1.67 bits per heavy atom. The monoisotopic (exact) mass is 210 g/mol. The number of carbonyl (C=O) groups is 1. The maximum Gasteiger partial charge on any atom is 0.224 e. The summed E-state index contributed by atoms with van der Waals surface area (Å²) < 4.78 is 0. The lowest BCUT2D eigenvalue weighted by Crippen LogP contribution is -2.44. The lowest BCUT2D eigenvalue weighted by atomic mass is 9.97. The fourth-order valence-electron chi connectivity index (χ4n) is 1.85. The molecular formula is C10H18N4O. The largest absolute Gasteiger partial charge is 0.355 e. The maximum atomic E-state index is 11.6. The summed E-state index contributed by atoms with van der Waals surface area (Å²) in [5.41, 5.74) is 5.31. The molecule has 1 unspecified atom stereocenters. The number of carbonyl (C=O) groups excluding carboxylic acids is 1. The molecule has 1 fully saturated rings. The van der Waals surface area contributed by atoms with Gasteiger partial charge < -0.3 is 11.1 Å². The van der Waals surface area contributed by atoms with Crippen LogP contribution in [0.3, 0.4) is 0 Å². The SMILES string of the molecule is N#CCN1CCCC(C(=O)NCCN)C1. The van der Waals surface area contributed by atoms with E-state index in [0.717, 1.165) is 19.4 Å². The van der Waals surface area contributed by atoms with E-state index in [2.05, 4.69) is 11.4 Å². The van der Waals surface area contributed by atoms with Gasteiger partial charge in [0.2, 0.25) is 5.91 Å². The van der Waals surface area contributed by atoms with Crippen molar-refractivity contribution in [2.75, 3.05) is 32.7 Å². The summed E-state index contributed by atoms with van der Waals surface area (Å²) in [6.07, 6.45) is 1.90. The predicted molar refractivity (Wildman–Crippen MR) is 56.8 cm³/mol. The second-order valence-electron chi connectivity index (χ2n) is 3.81. The van der Waals surface area contributed by atoms with Gasteiger partial charge in [0, 0.05) is 19.6 Å². The molecule has 1 aliphatic rings. The van der Waals surface area contributed by atoms with Gasteiger partial charge in [0.25, 0.3) is 0 Å². The predicted octanol–water partition coefficient (Wildman–Crippen LogP) is -0.703. The van der Waals surface area contributed by atoms with Gasteiger partial charge in [-0.15, -0.1) is 0 Å². The maximum absolute atomic E-state index is 11.6.